The predicted octanol–water partition coefficient (Wildman–Crippen LogP) is 5.82. The number of ether oxygens (including phenoxy) is 1. The second-order valence-corrected chi connectivity index (χ2v) is 8.44. The minimum atomic E-state index is -0.465. The van der Waals surface area contributed by atoms with Crippen molar-refractivity contribution in [2.75, 3.05) is 0 Å². The van der Waals surface area contributed by atoms with Crippen LogP contribution in [0.1, 0.15) is 31.9 Å². The van der Waals surface area contributed by atoms with Gasteiger partial charge in [0.05, 0.1) is 0 Å². The fourth-order valence-corrected chi connectivity index (χ4v) is 3.95. The molecule has 128 valence electrons. The maximum absolute atomic E-state index is 12.3. The summed E-state index contributed by atoms with van der Waals surface area (Å²) in [4.78, 5) is 14.1. The highest BCUT2D eigenvalue weighted by molar-refractivity contribution is 7.17. The maximum Gasteiger partial charge on any atom is 0.410 e. The highest BCUT2D eigenvalue weighted by atomic mass is 32.1. The summed E-state index contributed by atoms with van der Waals surface area (Å²) in [5.41, 5.74) is 4.34. The highest BCUT2D eigenvalue weighted by Crippen LogP contribution is 2.32. The van der Waals surface area contributed by atoms with Gasteiger partial charge >= 0.3 is 6.09 Å². The monoisotopic (exact) mass is 351 g/mol. The quantitative estimate of drug-likeness (QED) is 0.553. The van der Waals surface area contributed by atoms with Crippen LogP contribution in [-0.2, 0) is 17.8 Å². The second-order valence-electron chi connectivity index (χ2n) is 7.49. The van der Waals surface area contributed by atoms with Crippen molar-refractivity contribution in [3.63, 3.8) is 0 Å². The summed E-state index contributed by atoms with van der Waals surface area (Å²) in [6, 6.07) is 15.2. The number of nitrogens with zero attached hydrogens (tertiary/aromatic N) is 1. The van der Waals surface area contributed by atoms with Crippen LogP contribution < -0.4 is 0 Å². The first-order valence-electron chi connectivity index (χ1n) is 8.46. The van der Waals surface area contributed by atoms with E-state index in [1.807, 2.05) is 20.8 Å². The zero-order chi connectivity index (χ0) is 17.6. The Morgan fingerprint density at radius 3 is 2.52 bits per heavy atom. The Balaban J connectivity index is 1.58. The average molecular weight is 351 g/mol. The molecule has 4 heteroatoms. The molecule has 1 amide bonds. The summed E-state index contributed by atoms with van der Waals surface area (Å²) in [6.07, 6.45) is -0.245. The number of thiophene rings is 1. The van der Waals surface area contributed by atoms with Gasteiger partial charge in [0.2, 0.25) is 0 Å². The van der Waals surface area contributed by atoms with E-state index in [4.69, 9.17) is 4.74 Å². The fraction of sp³-hybridized carbons (Fsp3) is 0.286. The average Bonchev–Trinajstić information content (AvgIpc) is 3.18. The summed E-state index contributed by atoms with van der Waals surface area (Å²) in [7, 11) is 0. The SMILES string of the molecule is CC(C)(C)OC(=O)N1Cc2ccc(-c3ccc4sccc4c3)cc2C1. The number of carbonyl (C=O) groups is 1. The van der Waals surface area contributed by atoms with Crippen molar-refractivity contribution in [2.24, 2.45) is 0 Å². The largest absolute Gasteiger partial charge is 0.444 e. The van der Waals surface area contributed by atoms with Gasteiger partial charge < -0.3 is 4.74 Å². The van der Waals surface area contributed by atoms with Crippen LogP contribution in [0, 0.1) is 0 Å². The van der Waals surface area contributed by atoms with Gasteiger partial charge in [0, 0.05) is 17.8 Å². The lowest BCUT2D eigenvalue weighted by molar-refractivity contribution is 0.0242. The molecule has 3 nitrogen and oxygen atoms in total. The van der Waals surface area contributed by atoms with Gasteiger partial charge in [-0.2, -0.15) is 0 Å². The third-order valence-corrected chi connectivity index (χ3v) is 5.26. The lowest BCUT2D eigenvalue weighted by Gasteiger charge is -2.24. The minimum absolute atomic E-state index is 0.245. The third-order valence-electron chi connectivity index (χ3n) is 4.37. The van der Waals surface area contributed by atoms with Gasteiger partial charge in [-0.3, -0.25) is 4.90 Å². The Hall–Kier alpha value is -2.33. The zero-order valence-electron chi connectivity index (χ0n) is 14.7. The van der Waals surface area contributed by atoms with Gasteiger partial charge in [-0.05, 0) is 78.1 Å². The van der Waals surface area contributed by atoms with Gasteiger partial charge in [-0.1, -0.05) is 18.2 Å². The number of hydrogen-bond acceptors (Lipinski definition) is 3. The summed E-state index contributed by atoms with van der Waals surface area (Å²) < 4.78 is 6.80. The number of hydrogen-bond donors (Lipinski definition) is 0. The molecule has 1 aromatic heterocycles. The van der Waals surface area contributed by atoms with Crippen LogP contribution in [0.3, 0.4) is 0 Å². The van der Waals surface area contributed by atoms with E-state index >= 15 is 0 Å². The second kappa shape index (κ2) is 5.88. The van der Waals surface area contributed by atoms with Crippen molar-refractivity contribution >= 4 is 27.5 Å². The van der Waals surface area contributed by atoms with Gasteiger partial charge in [0.1, 0.15) is 5.60 Å². The molecule has 2 heterocycles. The van der Waals surface area contributed by atoms with Crippen LogP contribution in [-0.4, -0.2) is 16.6 Å². The molecule has 0 bridgehead atoms. The Morgan fingerprint density at radius 1 is 1.00 bits per heavy atom. The van der Waals surface area contributed by atoms with Gasteiger partial charge in [-0.15, -0.1) is 11.3 Å². The van der Waals surface area contributed by atoms with E-state index in [0.717, 1.165) is 0 Å². The van der Waals surface area contributed by atoms with Crippen molar-refractivity contribution < 1.29 is 9.53 Å². The Labute approximate surface area is 151 Å². The molecule has 0 fully saturated rings. The van der Waals surface area contributed by atoms with E-state index in [0.29, 0.717) is 13.1 Å². The molecule has 0 N–H and O–H groups in total. The molecule has 1 aliphatic heterocycles. The summed E-state index contributed by atoms with van der Waals surface area (Å²) in [6.45, 7) is 6.92. The summed E-state index contributed by atoms with van der Waals surface area (Å²) >= 11 is 1.76. The smallest absolute Gasteiger partial charge is 0.410 e. The summed E-state index contributed by atoms with van der Waals surface area (Å²) in [5, 5.41) is 3.40. The lowest BCUT2D eigenvalue weighted by Crippen LogP contribution is -2.33. The van der Waals surface area contributed by atoms with E-state index in [1.165, 1.54) is 32.3 Å². The molecule has 0 radical (unpaired) electrons. The molecule has 0 aliphatic carbocycles. The van der Waals surface area contributed by atoms with E-state index < -0.39 is 5.60 Å². The lowest BCUT2D eigenvalue weighted by atomic mass is 10.00. The molecule has 25 heavy (non-hydrogen) atoms. The molecule has 1 aliphatic rings. The van der Waals surface area contributed by atoms with Crippen molar-refractivity contribution in [3.05, 3.63) is 59.0 Å². The highest BCUT2D eigenvalue weighted by Gasteiger charge is 2.27. The molecule has 0 saturated heterocycles. The van der Waals surface area contributed by atoms with E-state index in [9.17, 15) is 4.79 Å². The normalized spacial score (nSPS) is 14.0. The molecule has 4 rings (SSSR count). The van der Waals surface area contributed by atoms with Crippen molar-refractivity contribution in [2.45, 2.75) is 39.5 Å². The van der Waals surface area contributed by atoms with Crippen LogP contribution in [0.2, 0.25) is 0 Å². The number of carbonyl (C=O) groups excluding carboxylic acids is 1. The molecule has 0 unspecified atom stereocenters. The van der Waals surface area contributed by atoms with Crippen LogP contribution in [0.15, 0.2) is 47.8 Å². The Kier molecular flexibility index (Phi) is 3.80. The zero-order valence-corrected chi connectivity index (χ0v) is 15.5. The third kappa shape index (κ3) is 3.27. The molecule has 0 saturated carbocycles. The van der Waals surface area contributed by atoms with Crippen LogP contribution in [0.5, 0.6) is 0 Å². The van der Waals surface area contributed by atoms with Crippen LogP contribution >= 0.6 is 11.3 Å². The van der Waals surface area contributed by atoms with Gasteiger partial charge in [0.25, 0.3) is 0 Å². The van der Waals surface area contributed by atoms with E-state index in [1.54, 1.807) is 16.2 Å². The first-order chi connectivity index (χ1) is 11.9. The molecule has 2 aromatic carbocycles. The number of benzene rings is 2. The van der Waals surface area contributed by atoms with Gasteiger partial charge in [-0.25, -0.2) is 4.79 Å². The molecule has 0 spiro atoms. The van der Waals surface area contributed by atoms with Crippen molar-refractivity contribution in [3.8, 4) is 11.1 Å². The molecule has 3 aromatic rings. The topological polar surface area (TPSA) is 29.5 Å². The predicted molar refractivity (Wildman–Crippen MR) is 103 cm³/mol. The molecule has 0 atom stereocenters. The van der Waals surface area contributed by atoms with Crippen molar-refractivity contribution in [1.29, 1.82) is 0 Å². The molecular formula is C21H21NO2S. The standard InChI is InChI=1S/C21H21NO2S/c1-21(2,3)24-20(23)22-12-17-5-4-14(11-18(17)13-22)15-6-7-19-16(10-15)8-9-25-19/h4-11H,12-13H2,1-3H3. The minimum Gasteiger partial charge on any atom is -0.444 e. The molecular weight excluding hydrogens is 330 g/mol. The number of rotatable bonds is 1. The Bertz CT molecular complexity index is 952. The van der Waals surface area contributed by atoms with E-state index in [2.05, 4.69) is 47.8 Å². The first-order valence-corrected chi connectivity index (χ1v) is 9.34. The number of amides is 1. The van der Waals surface area contributed by atoms with Gasteiger partial charge in [0.15, 0.2) is 0 Å². The van der Waals surface area contributed by atoms with Crippen LogP contribution in [0.4, 0.5) is 4.79 Å². The first kappa shape index (κ1) is 16.2. The summed E-state index contributed by atoms with van der Waals surface area (Å²) in [5.74, 6) is 0. The van der Waals surface area contributed by atoms with Crippen LogP contribution in [0.25, 0.3) is 21.2 Å². The fourth-order valence-electron chi connectivity index (χ4n) is 3.18. The Morgan fingerprint density at radius 2 is 1.72 bits per heavy atom. The number of fused-ring (bicyclic) bond motifs is 2. The van der Waals surface area contributed by atoms with Crippen molar-refractivity contribution in [1.82, 2.24) is 4.90 Å². The van der Waals surface area contributed by atoms with E-state index in [-0.39, 0.29) is 6.09 Å². The maximum atomic E-state index is 12.3.